The SMILES string of the molecule is [2H]C([2H])([2H])c1cccc2nc(-c3[c-]ccc4c3oc3cc5c(ccc6ccccc65)cc34)n(-c3c(C(C)C)cc(-c4ccc(-c5ccccc5)cc4)cc3C(C)C)c12.[2H]C([2H])([2H])c1cnc(-c2[c-]cccc2)nc1C(C)(C)C.[Ir]. The van der Waals surface area contributed by atoms with E-state index in [2.05, 4.69) is 170 Å². The molecule has 0 unspecified atom stereocenters. The van der Waals surface area contributed by atoms with Crippen molar-refractivity contribution >= 4 is 54.5 Å². The molecule has 0 aliphatic carbocycles. The van der Waals surface area contributed by atoms with E-state index in [9.17, 15) is 0 Å². The Morgan fingerprint density at radius 2 is 1.26 bits per heavy atom. The zero-order chi connectivity index (χ0) is 54.8. The van der Waals surface area contributed by atoms with E-state index in [1.54, 1.807) is 18.2 Å². The van der Waals surface area contributed by atoms with E-state index in [0.717, 1.165) is 60.6 Å². The van der Waals surface area contributed by atoms with Gasteiger partial charge in [-0.05, 0) is 122 Å². The molecular formula is C67H58IrN4O-2. The molecule has 12 rings (SSSR count). The quantitative estimate of drug-likeness (QED) is 0.118. The first kappa shape index (κ1) is 42.0. The maximum absolute atomic E-state index is 8.73. The molecule has 3 aromatic heterocycles. The fourth-order valence-electron chi connectivity index (χ4n) is 10.0. The van der Waals surface area contributed by atoms with E-state index in [0.29, 0.717) is 39.5 Å². The Morgan fingerprint density at radius 3 is 1.96 bits per heavy atom. The van der Waals surface area contributed by atoms with Gasteiger partial charge in [0.1, 0.15) is 5.58 Å². The third-order valence-electron chi connectivity index (χ3n) is 13.6. The van der Waals surface area contributed by atoms with Crippen LogP contribution in [0, 0.1) is 25.8 Å². The Morgan fingerprint density at radius 1 is 0.575 bits per heavy atom. The van der Waals surface area contributed by atoms with E-state index in [-0.39, 0.29) is 48.5 Å². The number of benzene rings is 9. The van der Waals surface area contributed by atoms with Gasteiger partial charge in [0.05, 0.1) is 28.3 Å². The Hall–Kier alpha value is -7.50. The number of imidazole rings is 1. The van der Waals surface area contributed by atoms with Crippen molar-refractivity contribution in [2.75, 3.05) is 0 Å². The van der Waals surface area contributed by atoms with Gasteiger partial charge >= 0.3 is 0 Å². The van der Waals surface area contributed by atoms with Crippen molar-refractivity contribution in [2.24, 2.45) is 0 Å². The van der Waals surface area contributed by atoms with Crippen molar-refractivity contribution in [2.45, 2.75) is 79.4 Å². The molecule has 12 aromatic rings. The second-order valence-electron chi connectivity index (χ2n) is 20.2. The van der Waals surface area contributed by atoms with Crippen LogP contribution in [0.3, 0.4) is 0 Å². The number of para-hydroxylation sites is 1. The molecule has 0 saturated heterocycles. The van der Waals surface area contributed by atoms with Crippen LogP contribution in [-0.4, -0.2) is 19.5 Å². The third kappa shape index (κ3) is 9.20. The smallest absolute Gasteiger partial charge is 0.121 e. The first-order chi connectivity index (χ1) is 37.2. The standard InChI is InChI=1S/C52H41N2O.C15H17N2.Ir/c1-31(2)43-28-39(36-23-21-35(22-24-36)34-14-7-6-8-15-34)29-44(32(3)4)50(43)54-49-33(5)13-11-20-47(49)53-52(54)42-19-12-18-41-46-27-38-26-25-37-16-9-10-17-40(37)45(38)30-48(46)55-51(41)42;1-11-10-16-14(12-8-6-5-7-9-12)17-13(11)15(2,3)4;/h6-18,20-32H,1-5H3;5-8,10H,1-4H3;/q2*-1;/i5D3;1D3;. The largest absolute Gasteiger partial charge is 0.501 e. The maximum Gasteiger partial charge on any atom is 0.121 e. The second kappa shape index (κ2) is 19.8. The fourth-order valence-corrected chi connectivity index (χ4v) is 10.0. The number of fused-ring (bicyclic) bond motifs is 7. The first-order valence-electron chi connectivity index (χ1n) is 27.6. The molecule has 0 aliphatic rings. The summed E-state index contributed by atoms with van der Waals surface area (Å²) in [5, 5.41) is 6.57. The number of furan rings is 1. The number of nitrogens with zero attached hydrogens (tertiary/aromatic N) is 4. The van der Waals surface area contributed by atoms with Crippen molar-refractivity contribution in [1.29, 1.82) is 0 Å². The van der Waals surface area contributed by atoms with Gasteiger partial charge in [0.2, 0.25) is 0 Å². The Balaban J connectivity index is 0.000000284. The predicted molar refractivity (Wildman–Crippen MR) is 301 cm³/mol. The molecule has 0 aliphatic heterocycles. The van der Waals surface area contributed by atoms with Crippen LogP contribution in [0.1, 0.15) is 96.5 Å². The molecule has 5 nitrogen and oxygen atoms in total. The van der Waals surface area contributed by atoms with Crippen LogP contribution in [0.15, 0.2) is 180 Å². The van der Waals surface area contributed by atoms with Gasteiger partial charge in [0.15, 0.2) is 0 Å². The summed E-state index contributed by atoms with van der Waals surface area (Å²) in [6.45, 7) is 10.1. The van der Waals surface area contributed by atoms with Crippen molar-refractivity contribution < 1.29 is 32.7 Å². The second-order valence-corrected chi connectivity index (χ2v) is 20.2. The topological polar surface area (TPSA) is 56.7 Å². The van der Waals surface area contributed by atoms with Crippen molar-refractivity contribution in [3.05, 3.63) is 216 Å². The van der Waals surface area contributed by atoms with E-state index in [1.807, 2.05) is 57.2 Å². The van der Waals surface area contributed by atoms with E-state index < -0.39 is 13.7 Å². The predicted octanol–water partition coefficient (Wildman–Crippen LogP) is 18.1. The summed E-state index contributed by atoms with van der Waals surface area (Å²) in [5.41, 5.74) is 12.4. The molecule has 0 bridgehead atoms. The number of aromatic nitrogens is 4. The molecule has 0 atom stereocenters. The molecule has 9 aromatic carbocycles. The first-order valence-corrected chi connectivity index (χ1v) is 24.6. The molecule has 0 saturated carbocycles. The molecule has 3 heterocycles. The monoisotopic (exact) mass is 1130 g/mol. The Bertz CT molecular complexity index is 4180. The van der Waals surface area contributed by atoms with Gasteiger partial charge in [-0.25, -0.2) is 0 Å². The van der Waals surface area contributed by atoms with Gasteiger partial charge < -0.3 is 8.98 Å². The molecule has 73 heavy (non-hydrogen) atoms. The molecule has 0 fully saturated rings. The van der Waals surface area contributed by atoms with Crippen molar-refractivity contribution in [3.63, 3.8) is 0 Å². The van der Waals surface area contributed by atoms with Crippen LogP contribution in [0.2, 0.25) is 0 Å². The summed E-state index contributed by atoms with van der Waals surface area (Å²) >= 11 is 0. The number of hydrogen-bond acceptors (Lipinski definition) is 4. The number of hydrogen-bond donors (Lipinski definition) is 0. The van der Waals surface area contributed by atoms with Crippen LogP contribution in [0.5, 0.6) is 0 Å². The van der Waals surface area contributed by atoms with Crippen LogP contribution >= 0.6 is 0 Å². The van der Waals surface area contributed by atoms with Crippen LogP contribution < -0.4 is 0 Å². The molecule has 363 valence electrons. The molecule has 0 N–H and O–H groups in total. The average Bonchev–Trinajstić information content (AvgIpc) is 3.64. The fraction of sp³-hybridized carbons (Fsp3) is 0.179. The van der Waals surface area contributed by atoms with Crippen LogP contribution in [-0.2, 0) is 25.5 Å². The van der Waals surface area contributed by atoms with E-state index >= 15 is 0 Å². The van der Waals surface area contributed by atoms with Crippen LogP contribution in [0.25, 0.3) is 105 Å². The summed E-state index contributed by atoms with van der Waals surface area (Å²) < 4.78 is 58.0. The zero-order valence-electron chi connectivity index (χ0n) is 47.9. The summed E-state index contributed by atoms with van der Waals surface area (Å²) in [5.74, 6) is 1.28. The van der Waals surface area contributed by atoms with E-state index in [1.165, 1.54) is 28.1 Å². The minimum atomic E-state index is -2.39. The zero-order valence-corrected chi connectivity index (χ0v) is 44.3. The minimum Gasteiger partial charge on any atom is -0.501 e. The summed E-state index contributed by atoms with van der Waals surface area (Å²) in [7, 11) is 0. The summed E-state index contributed by atoms with van der Waals surface area (Å²) in [6.07, 6.45) is 1.41. The third-order valence-corrected chi connectivity index (χ3v) is 13.6. The number of rotatable bonds is 7. The van der Waals surface area contributed by atoms with Gasteiger partial charge in [-0.3, -0.25) is 15.0 Å². The van der Waals surface area contributed by atoms with Crippen LogP contribution in [0.4, 0.5) is 0 Å². The molecule has 1 radical (unpaired) electrons. The Labute approximate surface area is 450 Å². The van der Waals surface area contributed by atoms with Gasteiger partial charge in [-0.2, -0.15) is 0 Å². The molecule has 0 amide bonds. The molecule has 6 heteroatoms. The van der Waals surface area contributed by atoms with Gasteiger partial charge in [0.25, 0.3) is 0 Å². The van der Waals surface area contributed by atoms with E-state index in [4.69, 9.17) is 17.6 Å². The number of aryl methyl sites for hydroxylation is 2. The minimum absolute atomic E-state index is 0. The summed E-state index contributed by atoms with van der Waals surface area (Å²) in [6, 6.07) is 64.2. The van der Waals surface area contributed by atoms with Crippen molar-refractivity contribution in [3.8, 4) is 50.7 Å². The average molecular weight is 1130 g/mol. The molecular weight excluding hydrogens is 1070 g/mol. The summed E-state index contributed by atoms with van der Waals surface area (Å²) in [4.78, 5) is 14.0. The normalized spacial score (nSPS) is 13.3. The van der Waals surface area contributed by atoms with Gasteiger partial charge in [0, 0.05) is 56.7 Å². The maximum atomic E-state index is 8.73. The molecule has 0 spiro atoms. The van der Waals surface area contributed by atoms with Crippen molar-refractivity contribution in [1.82, 2.24) is 19.5 Å². The Kier molecular flexibility index (Phi) is 11.4. The van der Waals surface area contributed by atoms with Gasteiger partial charge in [-0.15, -0.1) is 54.1 Å². The van der Waals surface area contributed by atoms with Gasteiger partial charge in [-0.1, -0.05) is 163 Å².